The second-order valence-corrected chi connectivity index (χ2v) is 12.1. The van der Waals surface area contributed by atoms with Crippen molar-refractivity contribution >= 4 is 43.6 Å². The number of nitrogens with zero attached hydrogens (tertiary/aromatic N) is 5. The van der Waals surface area contributed by atoms with Crippen LogP contribution >= 0.6 is 0 Å². The van der Waals surface area contributed by atoms with Crippen molar-refractivity contribution in [1.29, 1.82) is 0 Å². The zero-order valence-corrected chi connectivity index (χ0v) is 26.6. The first-order valence-electron chi connectivity index (χ1n) is 18.9. The zero-order chi connectivity index (χ0) is 37.4. The topological polar surface area (TPSA) is 48.5 Å². The molecule has 0 unspecified atom stereocenters. The molecule has 5 nitrogen and oxygen atoms in total. The predicted octanol–water partition coefficient (Wildman–Crippen LogP) is 11.1. The standard InChI is InChI=1S/C45H29N5/c1-4-16-30(17-5-1)33-22-10-13-25-38(33)49-39-26-14-11-23-34(39)36-29-42-37(28-41(36)49)35-24-12-15-27-40(35)50(42)45-47-43(31-18-6-2-7-19-31)46-44(48-45)32-20-8-3-9-21-32/h1-29H/i1D,4D,5D,16D,17D. The molecule has 50 heavy (non-hydrogen) atoms. The van der Waals surface area contributed by atoms with Crippen LogP contribution in [0, 0.1) is 0 Å². The van der Waals surface area contributed by atoms with Gasteiger partial charge in [-0.15, -0.1) is 0 Å². The van der Waals surface area contributed by atoms with Crippen LogP contribution in [0.2, 0.25) is 0 Å². The van der Waals surface area contributed by atoms with E-state index in [0.29, 0.717) is 28.8 Å². The Morgan fingerprint density at radius 1 is 0.400 bits per heavy atom. The van der Waals surface area contributed by atoms with Crippen molar-refractivity contribution in [3.8, 4) is 45.5 Å². The molecule has 0 amide bonds. The molecule has 5 heteroatoms. The molecule has 0 spiro atoms. The van der Waals surface area contributed by atoms with Gasteiger partial charge in [0.15, 0.2) is 11.6 Å². The summed E-state index contributed by atoms with van der Waals surface area (Å²) in [6.07, 6.45) is 0. The van der Waals surface area contributed by atoms with Crippen LogP contribution in [-0.4, -0.2) is 24.1 Å². The quantitative estimate of drug-likeness (QED) is 0.187. The fraction of sp³-hybridized carbons (Fsp3) is 0. The first-order valence-corrected chi connectivity index (χ1v) is 16.4. The van der Waals surface area contributed by atoms with E-state index in [1.807, 2.05) is 109 Å². The van der Waals surface area contributed by atoms with Crippen LogP contribution in [0.15, 0.2) is 176 Å². The van der Waals surface area contributed by atoms with Crippen molar-refractivity contribution in [2.45, 2.75) is 0 Å². The number of aromatic nitrogens is 5. The third-order valence-corrected chi connectivity index (χ3v) is 9.27. The van der Waals surface area contributed by atoms with E-state index in [0.717, 1.165) is 54.7 Å². The van der Waals surface area contributed by atoms with Gasteiger partial charge >= 0.3 is 0 Å². The summed E-state index contributed by atoms with van der Waals surface area (Å²) < 4.78 is 47.0. The van der Waals surface area contributed by atoms with Gasteiger partial charge in [0.2, 0.25) is 5.95 Å². The molecule has 0 fully saturated rings. The molecule has 0 saturated carbocycles. The van der Waals surface area contributed by atoms with E-state index in [4.69, 9.17) is 21.8 Å². The molecule has 0 bridgehead atoms. The SMILES string of the molecule is [2H]c1c([2H])c([2H])c(-c2ccccc2-n2c3ccccc3c3cc4c(cc32)c2ccccc2n4-c2nc(-c3ccccc3)nc(-c3ccccc3)n2)c([2H])c1[2H]. The maximum atomic E-state index is 8.84. The van der Waals surface area contributed by atoms with Crippen molar-refractivity contribution in [3.05, 3.63) is 176 Å². The molecular formula is C45H29N5. The van der Waals surface area contributed by atoms with Gasteiger partial charge in [-0.1, -0.05) is 145 Å². The normalized spacial score (nSPS) is 13.0. The summed E-state index contributed by atoms with van der Waals surface area (Å²) in [5.74, 6) is 1.63. The molecule has 3 heterocycles. The van der Waals surface area contributed by atoms with Gasteiger partial charge in [-0.05, 0) is 35.9 Å². The van der Waals surface area contributed by atoms with Gasteiger partial charge in [-0.2, -0.15) is 9.97 Å². The zero-order valence-electron chi connectivity index (χ0n) is 31.6. The van der Waals surface area contributed by atoms with Crippen molar-refractivity contribution in [1.82, 2.24) is 24.1 Å². The van der Waals surface area contributed by atoms with E-state index in [1.165, 1.54) is 0 Å². The Morgan fingerprint density at radius 2 is 0.900 bits per heavy atom. The average molecular weight is 645 g/mol. The van der Waals surface area contributed by atoms with Gasteiger partial charge in [0.05, 0.1) is 34.6 Å². The van der Waals surface area contributed by atoms with Crippen LogP contribution in [0.5, 0.6) is 0 Å². The number of hydrogen-bond donors (Lipinski definition) is 0. The summed E-state index contributed by atoms with van der Waals surface area (Å²) in [6.45, 7) is 0. The molecule has 0 aliphatic heterocycles. The maximum absolute atomic E-state index is 8.84. The van der Waals surface area contributed by atoms with Crippen molar-refractivity contribution in [2.24, 2.45) is 0 Å². The number of rotatable bonds is 5. The lowest BCUT2D eigenvalue weighted by Gasteiger charge is -2.14. The van der Waals surface area contributed by atoms with E-state index in [1.54, 1.807) is 0 Å². The van der Waals surface area contributed by atoms with Crippen LogP contribution in [0.25, 0.3) is 89.2 Å². The molecule has 0 N–H and O–H groups in total. The Bertz CT molecular complexity index is 3070. The Kier molecular flexibility index (Phi) is 5.35. The minimum Gasteiger partial charge on any atom is -0.309 e. The minimum atomic E-state index is -0.420. The van der Waals surface area contributed by atoms with Gasteiger partial charge in [0, 0.05) is 38.2 Å². The van der Waals surface area contributed by atoms with E-state index in [-0.39, 0.29) is 29.7 Å². The highest BCUT2D eigenvalue weighted by atomic mass is 15.2. The summed E-state index contributed by atoms with van der Waals surface area (Å²) in [7, 11) is 0. The largest absolute Gasteiger partial charge is 0.309 e. The molecular weight excluding hydrogens is 611 g/mol. The van der Waals surface area contributed by atoms with E-state index >= 15 is 0 Å². The fourth-order valence-electron chi connectivity index (χ4n) is 7.07. The maximum Gasteiger partial charge on any atom is 0.238 e. The lowest BCUT2D eigenvalue weighted by atomic mass is 10.0. The second kappa shape index (κ2) is 11.4. The first-order chi connectivity index (χ1) is 26.9. The lowest BCUT2D eigenvalue weighted by molar-refractivity contribution is 0.954. The third-order valence-electron chi connectivity index (χ3n) is 9.27. The number of para-hydroxylation sites is 3. The highest BCUT2D eigenvalue weighted by molar-refractivity contribution is 6.19. The second-order valence-electron chi connectivity index (χ2n) is 12.1. The van der Waals surface area contributed by atoms with E-state index in [2.05, 4.69) is 45.5 Å². The van der Waals surface area contributed by atoms with Crippen molar-refractivity contribution in [3.63, 3.8) is 0 Å². The number of hydrogen-bond acceptors (Lipinski definition) is 3. The third kappa shape index (κ3) is 4.45. The molecule has 3 aromatic heterocycles. The summed E-state index contributed by atoms with van der Waals surface area (Å²) in [5.41, 5.74) is 6.83. The van der Waals surface area contributed by atoms with Gasteiger partial charge in [-0.25, -0.2) is 4.98 Å². The molecule has 10 aromatic rings. The summed E-state index contributed by atoms with van der Waals surface area (Å²) in [6, 6.07) is 46.4. The summed E-state index contributed by atoms with van der Waals surface area (Å²) in [5, 5.41) is 3.97. The van der Waals surface area contributed by atoms with Gasteiger partial charge < -0.3 is 4.57 Å². The average Bonchev–Trinajstić information content (AvgIpc) is 3.74. The van der Waals surface area contributed by atoms with Crippen LogP contribution in [0.3, 0.4) is 0 Å². The van der Waals surface area contributed by atoms with E-state index in [9.17, 15) is 0 Å². The fourth-order valence-corrected chi connectivity index (χ4v) is 7.07. The minimum absolute atomic E-state index is 0.156. The number of fused-ring (bicyclic) bond motifs is 6. The Hall–Kier alpha value is -6.85. The highest BCUT2D eigenvalue weighted by Crippen LogP contribution is 2.41. The smallest absolute Gasteiger partial charge is 0.238 e. The molecule has 0 atom stereocenters. The lowest BCUT2D eigenvalue weighted by Crippen LogP contribution is -2.06. The van der Waals surface area contributed by atoms with Gasteiger partial charge in [0.25, 0.3) is 0 Å². The van der Waals surface area contributed by atoms with E-state index < -0.39 is 6.04 Å². The monoisotopic (exact) mass is 644 g/mol. The molecule has 234 valence electrons. The predicted molar refractivity (Wildman–Crippen MR) is 205 cm³/mol. The molecule has 0 aliphatic rings. The highest BCUT2D eigenvalue weighted by Gasteiger charge is 2.21. The molecule has 0 saturated heterocycles. The Labute approximate surface area is 295 Å². The van der Waals surface area contributed by atoms with Crippen LogP contribution < -0.4 is 0 Å². The summed E-state index contributed by atoms with van der Waals surface area (Å²) in [4.78, 5) is 15.1. The molecule has 0 aliphatic carbocycles. The van der Waals surface area contributed by atoms with Crippen LogP contribution in [0.4, 0.5) is 0 Å². The first kappa shape index (κ1) is 23.5. The Morgan fingerprint density at radius 3 is 1.52 bits per heavy atom. The van der Waals surface area contributed by atoms with Gasteiger partial charge in [0.1, 0.15) is 0 Å². The molecule has 7 aromatic carbocycles. The Balaban J connectivity index is 1.29. The van der Waals surface area contributed by atoms with Crippen LogP contribution in [-0.2, 0) is 0 Å². The molecule has 10 rings (SSSR count). The summed E-state index contributed by atoms with van der Waals surface area (Å²) >= 11 is 0. The molecule has 0 radical (unpaired) electrons. The number of benzene rings is 7. The van der Waals surface area contributed by atoms with Crippen molar-refractivity contribution in [2.75, 3.05) is 0 Å². The van der Waals surface area contributed by atoms with Crippen molar-refractivity contribution < 1.29 is 6.85 Å². The van der Waals surface area contributed by atoms with Gasteiger partial charge in [-0.3, -0.25) is 4.57 Å². The van der Waals surface area contributed by atoms with Crippen LogP contribution in [0.1, 0.15) is 6.85 Å².